The van der Waals surface area contributed by atoms with Crippen molar-refractivity contribution in [1.29, 1.82) is 0 Å². The molecule has 0 saturated heterocycles. The number of para-hydroxylation sites is 2. The number of nitrogens with zero attached hydrogens (tertiary/aromatic N) is 2. The van der Waals surface area contributed by atoms with E-state index in [1.807, 2.05) is 0 Å². The van der Waals surface area contributed by atoms with Crippen molar-refractivity contribution in [3.63, 3.8) is 0 Å². The minimum absolute atomic E-state index is 0.0258. The first-order valence-electron chi connectivity index (χ1n) is 13.1. The Balaban J connectivity index is 1.43. The van der Waals surface area contributed by atoms with Crippen molar-refractivity contribution in [1.82, 2.24) is 0 Å². The molecule has 1 aliphatic carbocycles. The lowest BCUT2D eigenvalue weighted by Crippen LogP contribution is -2.35. The maximum atomic E-state index is 7.03. The molecule has 1 atom stereocenters. The predicted octanol–water partition coefficient (Wildman–Crippen LogP) is 8.41. The fourth-order valence-electron chi connectivity index (χ4n) is 6.21. The highest BCUT2D eigenvalue weighted by Gasteiger charge is 2.39. The third-order valence-electron chi connectivity index (χ3n) is 8.54. The maximum Gasteiger partial charge on any atom is 0.208 e. The van der Waals surface area contributed by atoms with E-state index in [1.165, 1.54) is 39.3 Å². The zero-order valence-corrected chi connectivity index (χ0v) is 23.2. The van der Waals surface area contributed by atoms with Crippen LogP contribution in [0.1, 0.15) is 58.1 Å². The highest BCUT2D eigenvalue weighted by Crippen LogP contribution is 2.47. The van der Waals surface area contributed by atoms with E-state index in [-0.39, 0.29) is 10.8 Å². The lowest BCUT2D eigenvalue weighted by Gasteiger charge is -2.33. The van der Waals surface area contributed by atoms with Crippen LogP contribution in [-0.4, -0.2) is 24.9 Å². The van der Waals surface area contributed by atoms with Crippen LogP contribution in [0.2, 0.25) is 0 Å². The zero-order valence-electron chi connectivity index (χ0n) is 22.5. The zero-order chi connectivity index (χ0) is 25.7. The van der Waals surface area contributed by atoms with Crippen LogP contribution in [0.15, 0.2) is 94.7 Å². The van der Waals surface area contributed by atoms with Gasteiger partial charge in [-0.15, -0.1) is 0 Å². The third-order valence-corrected chi connectivity index (χ3v) is 9.02. The molecule has 0 saturated carbocycles. The number of fused-ring (bicyclic) bond motifs is 2. The van der Waals surface area contributed by atoms with Gasteiger partial charge in [0.25, 0.3) is 0 Å². The second-order valence-corrected chi connectivity index (χ2v) is 11.9. The lowest BCUT2D eigenvalue weighted by atomic mass is 9.71. The quantitative estimate of drug-likeness (QED) is 0.386. The Kier molecular flexibility index (Phi) is 6.37. The first kappa shape index (κ1) is 24.8. The summed E-state index contributed by atoms with van der Waals surface area (Å²) in [6.07, 6.45) is 14.7. The summed E-state index contributed by atoms with van der Waals surface area (Å²) < 4.78 is 2.27. The minimum Gasteiger partial charge on any atom is -0.347 e. The van der Waals surface area contributed by atoms with Crippen LogP contribution < -0.4 is 4.90 Å². The standard InChI is InChI=1S/C33H38ClN2/c1-32(2)25(22-35(5)28-16-9-7-14-26(28)32)20-18-23-12-11-13-24(31(23)34)19-21-30-33(3,4)27-15-8-10-17-29(27)36(30)6/h7-10,14-22,25H,11-13H2,1-6H3/q+1. The number of likely N-dealkylation sites (N-methyl/N-ethyl adjacent to an activating group) is 1. The van der Waals surface area contributed by atoms with E-state index in [4.69, 9.17) is 11.6 Å². The Hall–Kier alpha value is -2.84. The van der Waals surface area contributed by atoms with Gasteiger partial charge in [0.15, 0.2) is 6.21 Å². The molecule has 2 aromatic rings. The molecular weight excluding hydrogens is 460 g/mol. The molecule has 3 aliphatic rings. The molecule has 0 N–H and O–H groups in total. The Morgan fingerprint density at radius 2 is 1.64 bits per heavy atom. The van der Waals surface area contributed by atoms with Crippen LogP contribution in [-0.2, 0) is 10.8 Å². The molecule has 0 aromatic heterocycles. The molecular formula is C33H38ClN2+. The molecule has 0 spiro atoms. The van der Waals surface area contributed by atoms with E-state index in [0.717, 1.165) is 24.3 Å². The van der Waals surface area contributed by atoms with Gasteiger partial charge in [-0.05, 0) is 48.1 Å². The van der Waals surface area contributed by atoms with Crippen LogP contribution in [0.4, 0.5) is 11.4 Å². The van der Waals surface area contributed by atoms with Crippen LogP contribution in [0.5, 0.6) is 0 Å². The first-order valence-corrected chi connectivity index (χ1v) is 13.5. The fourth-order valence-corrected chi connectivity index (χ4v) is 6.53. The lowest BCUT2D eigenvalue weighted by molar-refractivity contribution is -0.406. The van der Waals surface area contributed by atoms with Crippen LogP contribution in [0.25, 0.3) is 0 Å². The van der Waals surface area contributed by atoms with Gasteiger partial charge in [0, 0.05) is 45.9 Å². The second-order valence-electron chi connectivity index (χ2n) is 11.5. The molecule has 2 aromatic carbocycles. The van der Waals surface area contributed by atoms with E-state index in [0.29, 0.717) is 5.92 Å². The molecule has 2 aliphatic heterocycles. The van der Waals surface area contributed by atoms with Crippen molar-refractivity contribution in [3.05, 3.63) is 106 Å². The molecule has 3 heteroatoms. The number of anilines is 1. The molecule has 0 radical (unpaired) electrons. The molecule has 1 unspecified atom stereocenters. The van der Waals surface area contributed by atoms with Gasteiger partial charge in [-0.25, -0.2) is 4.58 Å². The van der Waals surface area contributed by atoms with Gasteiger partial charge < -0.3 is 4.90 Å². The monoisotopic (exact) mass is 497 g/mol. The summed E-state index contributed by atoms with van der Waals surface area (Å²) in [5.74, 6) is 0.303. The van der Waals surface area contributed by atoms with Crippen LogP contribution >= 0.6 is 11.6 Å². The van der Waals surface area contributed by atoms with Gasteiger partial charge in [0.2, 0.25) is 5.69 Å². The number of hydrogen-bond donors (Lipinski definition) is 0. The van der Waals surface area contributed by atoms with Crippen molar-refractivity contribution in [2.24, 2.45) is 5.92 Å². The summed E-state index contributed by atoms with van der Waals surface area (Å²) in [6.45, 7) is 9.31. The smallest absolute Gasteiger partial charge is 0.208 e. The summed E-state index contributed by atoms with van der Waals surface area (Å²) >= 11 is 7.03. The van der Waals surface area contributed by atoms with Gasteiger partial charge in [0.1, 0.15) is 7.05 Å². The number of allylic oxidation sites excluding steroid dienone is 8. The van der Waals surface area contributed by atoms with Gasteiger partial charge in [-0.2, -0.15) is 0 Å². The highest BCUT2D eigenvalue weighted by molar-refractivity contribution is 6.32. The number of halogens is 1. The number of hydrogen-bond acceptors (Lipinski definition) is 1. The third kappa shape index (κ3) is 4.10. The van der Waals surface area contributed by atoms with Gasteiger partial charge in [-0.1, -0.05) is 93.9 Å². The minimum atomic E-state index is -0.0271. The first-order chi connectivity index (χ1) is 17.1. The van der Waals surface area contributed by atoms with Crippen molar-refractivity contribution in [2.75, 3.05) is 19.0 Å². The average Bonchev–Trinajstić information content (AvgIpc) is 3.06. The highest BCUT2D eigenvalue weighted by atomic mass is 35.5. The van der Waals surface area contributed by atoms with Crippen molar-refractivity contribution < 1.29 is 4.58 Å². The number of rotatable bonds is 3. The SMILES string of the molecule is CN1C(=CC=C2CCCC(C=CC3C=[N+](C)c4ccccc4C3(C)C)=C2Cl)C(C)(C)c2ccccc21. The Morgan fingerprint density at radius 3 is 2.39 bits per heavy atom. The molecule has 2 heterocycles. The predicted molar refractivity (Wildman–Crippen MR) is 155 cm³/mol. The summed E-state index contributed by atoms with van der Waals surface area (Å²) in [4.78, 5) is 2.32. The number of benzene rings is 2. The summed E-state index contributed by atoms with van der Waals surface area (Å²) in [5.41, 5.74) is 9.16. The summed E-state index contributed by atoms with van der Waals surface area (Å²) in [7, 11) is 4.32. The van der Waals surface area contributed by atoms with E-state index < -0.39 is 0 Å². The van der Waals surface area contributed by atoms with E-state index >= 15 is 0 Å². The van der Waals surface area contributed by atoms with Gasteiger partial charge in [0.05, 0.1) is 5.92 Å². The Bertz CT molecular complexity index is 1350. The topological polar surface area (TPSA) is 6.25 Å². The molecule has 0 amide bonds. The molecule has 186 valence electrons. The summed E-state index contributed by atoms with van der Waals surface area (Å²) in [6, 6.07) is 17.4. The summed E-state index contributed by atoms with van der Waals surface area (Å²) in [5, 5.41) is 0.924. The van der Waals surface area contributed by atoms with Crippen molar-refractivity contribution >= 4 is 29.2 Å². The van der Waals surface area contributed by atoms with E-state index in [9.17, 15) is 0 Å². The fraction of sp³-hybridized carbons (Fsp3) is 0.364. The Labute approximate surface area is 222 Å². The molecule has 2 nitrogen and oxygen atoms in total. The normalized spacial score (nSPS) is 24.9. The molecule has 0 bridgehead atoms. The van der Waals surface area contributed by atoms with Crippen molar-refractivity contribution in [3.8, 4) is 0 Å². The average molecular weight is 498 g/mol. The largest absolute Gasteiger partial charge is 0.347 e. The van der Waals surface area contributed by atoms with E-state index in [2.05, 4.69) is 130 Å². The molecule has 36 heavy (non-hydrogen) atoms. The maximum absolute atomic E-state index is 7.03. The second kappa shape index (κ2) is 9.23. The van der Waals surface area contributed by atoms with E-state index in [1.54, 1.807) is 0 Å². The molecule has 0 fully saturated rings. The van der Waals surface area contributed by atoms with Crippen molar-refractivity contribution in [2.45, 2.75) is 57.8 Å². The van der Waals surface area contributed by atoms with Crippen LogP contribution in [0.3, 0.4) is 0 Å². The van der Waals surface area contributed by atoms with Crippen LogP contribution in [0, 0.1) is 5.92 Å². The molecule has 5 rings (SSSR count). The van der Waals surface area contributed by atoms with Gasteiger partial charge >= 0.3 is 0 Å². The van der Waals surface area contributed by atoms with Gasteiger partial charge in [-0.3, -0.25) is 0 Å². The Morgan fingerprint density at radius 1 is 0.944 bits per heavy atom.